The van der Waals surface area contributed by atoms with E-state index in [1.54, 1.807) is 0 Å². The SMILES string of the molecule is O=C(O)c1cc2n(c(=O)c1)[C@@H](C(=O)O)CS2. The van der Waals surface area contributed by atoms with Crippen molar-refractivity contribution in [1.82, 2.24) is 4.57 Å². The lowest BCUT2D eigenvalue weighted by Gasteiger charge is -2.08. The molecule has 0 amide bonds. The van der Waals surface area contributed by atoms with Gasteiger partial charge in [0.25, 0.3) is 5.56 Å². The number of aliphatic carboxylic acids is 1. The Hall–Kier alpha value is -1.76. The lowest BCUT2D eigenvalue weighted by atomic mass is 10.2. The zero-order valence-corrected chi connectivity index (χ0v) is 8.73. The predicted octanol–water partition coefficient (Wildman–Crippen LogP) is 0.278. The van der Waals surface area contributed by atoms with Crippen molar-refractivity contribution in [2.24, 2.45) is 0 Å². The Bertz CT molecular complexity index is 535. The molecule has 16 heavy (non-hydrogen) atoms. The number of aromatic carboxylic acids is 1. The molecule has 0 radical (unpaired) electrons. The summed E-state index contributed by atoms with van der Waals surface area (Å²) in [5, 5.41) is 18.0. The molecule has 2 N–H and O–H groups in total. The van der Waals surface area contributed by atoms with Gasteiger partial charge in [0.1, 0.15) is 6.04 Å². The third kappa shape index (κ3) is 1.58. The molecule has 0 bridgehead atoms. The van der Waals surface area contributed by atoms with Gasteiger partial charge in [-0.3, -0.25) is 9.36 Å². The van der Waals surface area contributed by atoms with Crippen LogP contribution in [0.4, 0.5) is 0 Å². The molecule has 0 unspecified atom stereocenters. The van der Waals surface area contributed by atoms with E-state index >= 15 is 0 Å². The Balaban J connectivity index is 2.59. The summed E-state index contributed by atoms with van der Waals surface area (Å²) in [5.41, 5.74) is -0.706. The topological polar surface area (TPSA) is 96.6 Å². The van der Waals surface area contributed by atoms with Gasteiger partial charge in [-0.15, -0.1) is 11.8 Å². The van der Waals surface area contributed by atoms with Crippen LogP contribution in [0.1, 0.15) is 16.4 Å². The predicted molar refractivity (Wildman–Crippen MR) is 55.1 cm³/mol. The molecule has 2 rings (SSSR count). The van der Waals surface area contributed by atoms with Crippen LogP contribution in [0.5, 0.6) is 0 Å². The first kappa shape index (κ1) is 10.7. The molecule has 2 heterocycles. The van der Waals surface area contributed by atoms with Gasteiger partial charge in [0, 0.05) is 11.8 Å². The van der Waals surface area contributed by atoms with Crippen LogP contribution in [0, 0.1) is 0 Å². The monoisotopic (exact) mass is 241 g/mol. The van der Waals surface area contributed by atoms with Crippen molar-refractivity contribution in [3.63, 3.8) is 0 Å². The van der Waals surface area contributed by atoms with E-state index in [9.17, 15) is 14.4 Å². The van der Waals surface area contributed by atoms with Crippen molar-refractivity contribution in [1.29, 1.82) is 0 Å². The summed E-state index contributed by atoms with van der Waals surface area (Å²) >= 11 is 1.17. The highest BCUT2D eigenvalue weighted by molar-refractivity contribution is 7.99. The number of carboxylic acids is 2. The number of hydrogen-bond acceptors (Lipinski definition) is 4. The molecule has 7 heteroatoms. The summed E-state index contributed by atoms with van der Waals surface area (Å²) in [7, 11) is 0. The molecule has 1 atom stereocenters. The number of pyridine rings is 1. The van der Waals surface area contributed by atoms with E-state index in [-0.39, 0.29) is 11.3 Å². The molecular formula is C9H7NO5S. The average Bonchev–Trinajstić information content (AvgIpc) is 2.61. The van der Waals surface area contributed by atoms with Crippen LogP contribution in [-0.4, -0.2) is 32.5 Å². The highest BCUT2D eigenvalue weighted by Crippen LogP contribution is 2.31. The maximum Gasteiger partial charge on any atom is 0.335 e. The van der Waals surface area contributed by atoms with Gasteiger partial charge in [-0.1, -0.05) is 0 Å². The number of fused-ring (bicyclic) bond motifs is 1. The molecule has 6 nitrogen and oxygen atoms in total. The quantitative estimate of drug-likeness (QED) is 0.771. The fraction of sp³-hybridized carbons (Fsp3) is 0.222. The molecule has 84 valence electrons. The summed E-state index contributed by atoms with van der Waals surface area (Å²) in [6.45, 7) is 0. The van der Waals surface area contributed by atoms with Crippen molar-refractivity contribution in [2.75, 3.05) is 5.75 Å². The molecule has 0 saturated heterocycles. The van der Waals surface area contributed by atoms with E-state index < -0.39 is 23.5 Å². The Labute approximate surface area is 93.5 Å². The van der Waals surface area contributed by atoms with Crippen molar-refractivity contribution in [2.45, 2.75) is 11.1 Å². The third-order valence-electron chi connectivity index (χ3n) is 2.27. The number of hydrogen-bond donors (Lipinski definition) is 2. The van der Waals surface area contributed by atoms with Gasteiger partial charge in [-0.05, 0) is 6.07 Å². The first-order valence-electron chi connectivity index (χ1n) is 4.36. The largest absolute Gasteiger partial charge is 0.480 e. The lowest BCUT2D eigenvalue weighted by Crippen LogP contribution is -2.28. The highest BCUT2D eigenvalue weighted by atomic mass is 32.2. The smallest absolute Gasteiger partial charge is 0.335 e. The minimum absolute atomic E-state index is 0.116. The summed E-state index contributed by atoms with van der Waals surface area (Å²) in [4.78, 5) is 33.1. The molecule has 0 fully saturated rings. The van der Waals surface area contributed by atoms with Gasteiger partial charge in [0.15, 0.2) is 0 Å². The summed E-state index contributed by atoms with van der Waals surface area (Å²) < 4.78 is 1.11. The zero-order chi connectivity index (χ0) is 11.9. The Morgan fingerprint density at radius 3 is 2.62 bits per heavy atom. The van der Waals surface area contributed by atoms with Crippen LogP contribution in [0.2, 0.25) is 0 Å². The molecule has 1 aromatic rings. The van der Waals surface area contributed by atoms with Crippen molar-refractivity contribution in [3.8, 4) is 0 Å². The summed E-state index contributed by atoms with van der Waals surface area (Å²) in [6.07, 6.45) is 0. The van der Waals surface area contributed by atoms with E-state index in [0.717, 1.165) is 10.6 Å². The molecule has 0 aliphatic carbocycles. The second-order valence-corrected chi connectivity index (χ2v) is 4.30. The van der Waals surface area contributed by atoms with Crippen LogP contribution in [0.15, 0.2) is 22.0 Å². The number of nitrogens with zero attached hydrogens (tertiary/aromatic N) is 1. The summed E-state index contributed by atoms with van der Waals surface area (Å²) in [6, 6.07) is 1.35. The fourth-order valence-electron chi connectivity index (χ4n) is 1.52. The van der Waals surface area contributed by atoms with Crippen LogP contribution >= 0.6 is 11.8 Å². The first-order chi connectivity index (χ1) is 7.50. The molecular weight excluding hydrogens is 234 g/mol. The summed E-state index contributed by atoms with van der Waals surface area (Å²) in [5.74, 6) is -2.04. The maximum atomic E-state index is 11.6. The minimum atomic E-state index is -1.19. The minimum Gasteiger partial charge on any atom is -0.480 e. The van der Waals surface area contributed by atoms with E-state index in [4.69, 9.17) is 10.2 Å². The van der Waals surface area contributed by atoms with Gasteiger partial charge in [0.2, 0.25) is 0 Å². The fourth-order valence-corrected chi connectivity index (χ4v) is 2.70. The normalized spacial score (nSPS) is 18.1. The number of rotatable bonds is 2. The second-order valence-electron chi connectivity index (χ2n) is 3.26. The molecule has 0 spiro atoms. The van der Waals surface area contributed by atoms with Gasteiger partial charge < -0.3 is 10.2 Å². The van der Waals surface area contributed by atoms with Gasteiger partial charge >= 0.3 is 11.9 Å². The average molecular weight is 241 g/mol. The molecule has 0 saturated carbocycles. The highest BCUT2D eigenvalue weighted by Gasteiger charge is 2.30. The van der Waals surface area contributed by atoms with Gasteiger partial charge in [-0.25, -0.2) is 9.59 Å². The number of carboxylic acid groups (broad SMARTS) is 2. The van der Waals surface area contributed by atoms with E-state index in [1.807, 2.05) is 0 Å². The van der Waals surface area contributed by atoms with Crippen molar-refractivity contribution >= 4 is 23.7 Å². The Morgan fingerprint density at radius 1 is 1.38 bits per heavy atom. The molecule has 1 aromatic heterocycles. The number of thioether (sulfide) groups is 1. The van der Waals surface area contributed by atoms with Crippen LogP contribution < -0.4 is 5.56 Å². The second kappa shape index (κ2) is 3.67. The third-order valence-corrected chi connectivity index (χ3v) is 3.36. The van der Waals surface area contributed by atoms with E-state index in [2.05, 4.69) is 0 Å². The van der Waals surface area contributed by atoms with E-state index in [0.29, 0.717) is 5.03 Å². The van der Waals surface area contributed by atoms with Gasteiger partial charge in [0.05, 0.1) is 10.6 Å². The molecule has 0 aromatic carbocycles. The van der Waals surface area contributed by atoms with Crippen LogP contribution in [-0.2, 0) is 4.79 Å². The van der Waals surface area contributed by atoms with Gasteiger partial charge in [-0.2, -0.15) is 0 Å². The standard InChI is InChI=1S/C9H7NO5S/c11-6-1-4(8(12)13)2-7-10(6)5(3-16-7)9(14)15/h1-2,5H,3H2,(H,12,13)(H,14,15)/t5-/m1/s1. The van der Waals surface area contributed by atoms with Crippen LogP contribution in [0.25, 0.3) is 0 Å². The lowest BCUT2D eigenvalue weighted by molar-refractivity contribution is -0.140. The Kier molecular flexibility index (Phi) is 2.47. The Morgan fingerprint density at radius 2 is 2.06 bits per heavy atom. The molecule has 1 aliphatic rings. The molecule has 1 aliphatic heterocycles. The van der Waals surface area contributed by atoms with Crippen molar-refractivity contribution < 1.29 is 19.8 Å². The zero-order valence-electron chi connectivity index (χ0n) is 7.91. The van der Waals surface area contributed by atoms with E-state index in [1.165, 1.54) is 17.8 Å². The van der Waals surface area contributed by atoms with Crippen molar-refractivity contribution in [3.05, 3.63) is 28.0 Å². The number of aromatic nitrogens is 1. The maximum absolute atomic E-state index is 11.6. The van der Waals surface area contributed by atoms with Crippen LogP contribution in [0.3, 0.4) is 0 Å². The first-order valence-corrected chi connectivity index (χ1v) is 5.35. The number of carbonyl (C=O) groups is 2.